The number of hydrogen-bond donors (Lipinski definition) is 0. The van der Waals surface area contributed by atoms with Gasteiger partial charge < -0.3 is 9.15 Å². The van der Waals surface area contributed by atoms with Crippen LogP contribution in [0.4, 0.5) is 0 Å². The molecule has 8 nitrogen and oxygen atoms in total. The van der Waals surface area contributed by atoms with Gasteiger partial charge >= 0.3 is 5.63 Å². The third-order valence-corrected chi connectivity index (χ3v) is 6.84. The molecule has 0 amide bonds. The number of hydrogen-bond acceptors (Lipinski definition) is 7. The van der Waals surface area contributed by atoms with Gasteiger partial charge in [-0.25, -0.2) is 19.3 Å². The van der Waals surface area contributed by atoms with Crippen molar-refractivity contribution in [1.29, 1.82) is 0 Å². The molecule has 5 heterocycles. The van der Waals surface area contributed by atoms with Crippen molar-refractivity contribution in [2.75, 3.05) is 0 Å². The zero-order valence-electron chi connectivity index (χ0n) is 20.1. The van der Waals surface area contributed by atoms with E-state index in [4.69, 9.17) is 14.1 Å². The Kier molecular flexibility index (Phi) is 4.69. The van der Waals surface area contributed by atoms with Gasteiger partial charge in [-0.05, 0) is 41.3 Å². The highest BCUT2D eigenvalue weighted by Crippen LogP contribution is 2.48. The van der Waals surface area contributed by atoms with Crippen molar-refractivity contribution in [3.8, 4) is 23.0 Å². The molecule has 8 heteroatoms. The summed E-state index contributed by atoms with van der Waals surface area (Å²) >= 11 is 0. The SMILES string of the molecule is CC(C)c1ccc(C2c3c(c4ccccc4oc3=O)Oc3ncn4nc(-c5ccncc5)nc4c32)cc1. The summed E-state index contributed by atoms with van der Waals surface area (Å²) in [6.07, 6.45) is 4.98. The Morgan fingerprint density at radius 3 is 2.51 bits per heavy atom. The molecule has 1 aliphatic rings. The number of aromatic nitrogens is 5. The number of pyridine rings is 1. The zero-order valence-corrected chi connectivity index (χ0v) is 20.1. The molecular formula is C29H21N5O3. The van der Waals surface area contributed by atoms with Crippen LogP contribution in [0.15, 0.2) is 88.6 Å². The van der Waals surface area contributed by atoms with Gasteiger partial charge in [0.2, 0.25) is 5.88 Å². The van der Waals surface area contributed by atoms with Gasteiger partial charge in [-0.1, -0.05) is 50.2 Å². The minimum Gasteiger partial charge on any atom is -0.437 e. The lowest BCUT2D eigenvalue weighted by Gasteiger charge is -2.27. The molecule has 0 saturated carbocycles. The highest BCUT2D eigenvalue weighted by atomic mass is 16.5. The second-order valence-electron chi connectivity index (χ2n) is 9.39. The number of rotatable bonds is 3. The second-order valence-corrected chi connectivity index (χ2v) is 9.39. The molecule has 0 aliphatic carbocycles. The highest BCUT2D eigenvalue weighted by Gasteiger charge is 2.37. The lowest BCUT2D eigenvalue weighted by molar-refractivity contribution is 0.422. The summed E-state index contributed by atoms with van der Waals surface area (Å²) in [5, 5.41) is 5.36. The van der Waals surface area contributed by atoms with E-state index >= 15 is 0 Å². The molecule has 7 rings (SSSR count). The molecule has 0 radical (unpaired) electrons. The minimum absolute atomic E-state index is 0.380. The van der Waals surface area contributed by atoms with Gasteiger partial charge in [0.25, 0.3) is 0 Å². The maximum atomic E-state index is 13.5. The van der Waals surface area contributed by atoms with Crippen LogP contribution in [-0.4, -0.2) is 24.6 Å². The van der Waals surface area contributed by atoms with E-state index in [0.29, 0.717) is 51.1 Å². The van der Waals surface area contributed by atoms with E-state index in [-0.39, 0.29) is 0 Å². The van der Waals surface area contributed by atoms with Crippen molar-refractivity contribution in [3.63, 3.8) is 0 Å². The summed E-state index contributed by atoms with van der Waals surface area (Å²) < 4.78 is 13.7. The van der Waals surface area contributed by atoms with Crippen LogP contribution in [0.2, 0.25) is 0 Å². The topological polar surface area (TPSA) is 95.4 Å². The summed E-state index contributed by atoms with van der Waals surface area (Å²) in [5.41, 5.74) is 4.62. The van der Waals surface area contributed by atoms with Crippen molar-refractivity contribution in [3.05, 3.63) is 112 Å². The molecule has 0 N–H and O–H groups in total. The van der Waals surface area contributed by atoms with Crippen molar-refractivity contribution in [1.82, 2.24) is 24.6 Å². The fraction of sp³-hybridized carbons (Fsp3) is 0.138. The molecule has 180 valence electrons. The molecule has 1 unspecified atom stereocenters. The van der Waals surface area contributed by atoms with E-state index in [2.05, 4.69) is 53.2 Å². The van der Waals surface area contributed by atoms with E-state index in [9.17, 15) is 4.79 Å². The normalized spacial score (nSPS) is 14.5. The first kappa shape index (κ1) is 21.4. The number of ether oxygens (including phenoxy) is 1. The van der Waals surface area contributed by atoms with Crippen molar-refractivity contribution in [2.24, 2.45) is 0 Å². The van der Waals surface area contributed by atoms with Crippen LogP contribution in [0, 0.1) is 0 Å². The van der Waals surface area contributed by atoms with E-state index in [0.717, 1.165) is 11.1 Å². The second kappa shape index (κ2) is 8.09. The van der Waals surface area contributed by atoms with Crippen LogP contribution in [0.5, 0.6) is 11.6 Å². The smallest absolute Gasteiger partial charge is 0.344 e. The summed E-state index contributed by atoms with van der Waals surface area (Å²) in [4.78, 5) is 27.0. The van der Waals surface area contributed by atoms with Crippen LogP contribution >= 0.6 is 0 Å². The summed E-state index contributed by atoms with van der Waals surface area (Å²) in [7, 11) is 0. The van der Waals surface area contributed by atoms with Gasteiger partial charge in [-0.3, -0.25) is 4.98 Å². The Morgan fingerprint density at radius 2 is 1.73 bits per heavy atom. The predicted molar refractivity (Wildman–Crippen MR) is 138 cm³/mol. The largest absolute Gasteiger partial charge is 0.437 e. The molecule has 2 aromatic carbocycles. The third-order valence-electron chi connectivity index (χ3n) is 6.84. The van der Waals surface area contributed by atoms with Crippen LogP contribution in [-0.2, 0) is 0 Å². The fourth-order valence-electron chi connectivity index (χ4n) is 4.96. The van der Waals surface area contributed by atoms with Crippen molar-refractivity contribution in [2.45, 2.75) is 25.7 Å². The van der Waals surface area contributed by atoms with E-state index in [1.165, 1.54) is 5.56 Å². The average Bonchev–Trinajstić information content (AvgIpc) is 3.37. The predicted octanol–water partition coefficient (Wildman–Crippen LogP) is 5.70. The Bertz CT molecular complexity index is 1860. The standard InChI is InChI=1S/C29H21N5O3/c1-16(2)17-7-9-18(10-8-17)22-23-25(20-5-3-4-6-21(20)36-29(23)35)37-28-24(22)27-32-26(33-34(27)15-31-28)19-11-13-30-14-12-19/h3-16,22H,1-2H3. The lowest BCUT2D eigenvalue weighted by atomic mass is 9.83. The van der Waals surface area contributed by atoms with Crippen LogP contribution in [0.25, 0.3) is 28.0 Å². The maximum Gasteiger partial charge on any atom is 0.344 e. The van der Waals surface area contributed by atoms with Gasteiger partial charge in [-0.15, -0.1) is 5.10 Å². The highest BCUT2D eigenvalue weighted by molar-refractivity contribution is 5.87. The van der Waals surface area contributed by atoms with E-state index in [1.54, 1.807) is 29.3 Å². The Hall–Kier alpha value is -4.85. The van der Waals surface area contributed by atoms with Crippen LogP contribution < -0.4 is 10.4 Å². The molecule has 0 fully saturated rings. The first-order valence-corrected chi connectivity index (χ1v) is 12.1. The van der Waals surface area contributed by atoms with Crippen molar-refractivity contribution < 1.29 is 9.15 Å². The van der Waals surface area contributed by atoms with Gasteiger partial charge in [0.1, 0.15) is 11.9 Å². The van der Waals surface area contributed by atoms with Gasteiger partial charge in [0.05, 0.1) is 22.4 Å². The van der Waals surface area contributed by atoms with Crippen molar-refractivity contribution >= 4 is 16.6 Å². The number of nitrogens with zero attached hydrogens (tertiary/aromatic N) is 5. The summed E-state index contributed by atoms with van der Waals surface area (Å²) in [5.74, 6) is 1.25. The molecule has 0 saturated heterocycles. The maximum absolute atomic E-state index is 13.5. The Morgan fingerprint density at radius 1 is 0.946 bits per heavy atom. The quantitative estimate of drug-likeness (QED) is 0.295. The van der Waals surface area contributed by atoms with Gasteiger partial charge in [-0.2, -0.15) is 0 Å². The molecule has 37 heavy (non-hydrogen) atoms. The molecule has 0 bridgehead atoms. The molecule has 1 atom stereocenters. The molecule has 6 aromatic rings. The van der Waals surface area contributed by atoms with Gasteiger partial charge in [0, 0.05) is 18.0 Å². The average molecular weight is 488 g/mol. The number of para-hydroxylation sites is 1. The molecule has 4 aromatic heterocycles. The molecular weight excluding hydrogens is 466 g/mol. The van der Waals surface area contributed by atoms with Crippen LogP contribution in [0.3, 0.4) is 0 Å². The minimum atomic E-state index is -0.508. The number of benzene rings is 2. The Labute approximate surface area is 211 Å². The fourth-order valence-corrected chi connectivity index (χ4v) is 4.96. The monoisotopic (exact) mass is 487 g/mol. The first-order chi connectivity index (χ1) is 18.1. The lowest BCUT2D eigenvalue weighted by Crippen LogP contribution is -2.22. The zero-order chi connectivity index (χ0) is 25.1. The number of fused-ring (bicyclic) bond motifs is 6. The van der Waals surface area contributed by atoms with E-state index in [1.807, 2.05) is 30.3 Å². The summed E-state index contributed by atoms with van der Waals surface area (Å²) in [6.45, 7) is 4.30. The van der Waals surface area contributed by atoms with E-state index < -0.39 is 11.5 Å². The first-order valence-electron chi connectivity index (χ1n) is 12.1. The third kappa shape index (κ3) is 3.33. The summed E-state index contributed by atoms with van der Waals surface area (Å²) in [6, 6.07) is 19.4. The Balaban J connectivity index is 1.53. The molecule has 1 aliphatic heterocycles. The molecule has 0 spiro atoms. The van der Waals surface area contributed by atoms with Crippen LogP contribution in [0.1, 0.15) is 47.9 Å². The van der Waals surface area contributed by atoms with Gasteiger partial charge in [0.15, 0.2) is 17.2 Å².